The zero-order chi connectivity index (χ0) is 12.1. The van der Waals surface area contributed by atoms with Gasteiger partial charge in [-0.15, -0.1) is 11.6 Å². The van der Waals surface area contributed by atoms with Gasteiger partial charge < -0.3 is 4.90 Å². The number of anilines is 1. The number of aromatic nitrogens is 2. The molecule has 0 aliphatic carbocycles. The molecule has 0 saturated heterocycles. The molecule has 2 aromatic heterocycles. The van der Waals surface area contributed by atoms with Gasteiger partial charge in [-0.3, -0.25) is 4.98 Å². The van der Waals surface area contributed by atoms with E-state index < -0.39 is 0 Å². The van der Waals surface area contributed by atoms with E-state index in [2.05, 4.69) is 20.9 Å². The van der Waals surface area contributed by atoms with E-state index >= 15 is 0 Å². The minimum absolute atomic E-state index is 0.510. The highest BCUT2D eigenvalue weighted by Crippen LogP contribution is 2.14. The Morgan fingerprint density at radius 3 is 2.82 bits per heavy atom. The lowest BCUT2D eigenvalue weighted by atomic mass is 10.2. The molecule has 4 heteroatoms. The molecule has 0 N–H and O–H groups in total. The maximum Gasteiger partial charge on any atom is 0.128 e. The van der Waals surface area contributed by atoms with Crippen LogP contribution in [0.1, 0.15) is 11.1 Å². The summed E-state index contributed by atoms with van der Waals surface area (Å²) in [6.07, 6.45) is 5.42. The van der Waals surface area contributed by atoms with E-state index in [-0.39, 0.29) is 0 Å². The second kappa shape index (κ2) is 5.64. The number of alkyl halides is 1. The molecule has 0 aliphatic rings. The van der Waals surface area contributed by atoms with Crippen molar-refractivity contribution in [2.24, 2.45) is 0 Å². The van der Waals surface area contributed by atoms with Crippen LogP contribution in [-0.2, 0) is 12.4 Å². The van der Waals surface area contributed by atoms with Crippen molar-refractivity contribution in [1.82, 2.24) is 9.97 Å². The largest absolute Gasteiger partial charge is 0.355 e. The van der Waals surface area contributed by atoms with Crippen molar-refractivity contribution >= 4 is 17.4 Å². The predicted octanol–water partition coefficient (Wildman–Crippen LogP) is 2.85. The van der Waals surface area contributed by atoms with Crippen molar-refractivity contribution in [3.8, 4) is 0 Å². The highest BCUT2D eigenvalue weighted by Gasteiger charge is 2.04. The Morgan fingerprint density at radius 2 is 2.12 bits per heavy atom. The van der Waals surface area contributed by atoms with Gasteiger partial charge in [-0.25, -0.2) is 4.98 Å². The van der Waals surface area contributed by atoms with E-state index in [1.807, 2.05) is 31.4 Å². The predicted molar refractivity (Wildman–Crippen MR) is 70.1 cm³/mol. The van der Waals surface area contributed by atoms with Crippen LogP contribution in [0.3, 0.4) is 0 Å². The summed E-state index contributed by atoms with van der Waals surface area (Å²) in [6, 6.07) is 7.92. The van der Waals surface area contributed by atoms with Crippen molar-refractivity contribution in [3.63, 3.8) is 0 Å². The number of hydrogen-bond acceptors (Lipinski definition) is 3. The second-order valence-corrected chi connectivity index (χ2v) is 4.14. The Morgan fingerprint density at radius 1 is 1.24 bits per heavy atom. The fourth-order valence-electron chi connectivity index (χ4n) is 1.60. The van der Waals surface area contributed by atoms with Crippen LogP contribution in [0.25, 0.3) is 0 Å². The van der Waals surface area contributed by atoms with Gasteiger partial charge in [0.15, 0.2) is 0 Å². The number of hydrogen-bond donors (Lipinski definition) is 0. The monoisotopic (exact) mass is 247 g/mol. The Balaban J connectivity index is 2.11. The fourth-order valence-corrected chi connectivity index (χ4v) is 1.77. The molecule has 0 unspecified atom stereocenters. The van der Waals surface area contributed by atoms with E-state index in [4.69, 9.17) is 11.6 Å². The highest BCUT2D eigenvalue weighted by atomic mass is 35.5. The Kier molecular flexibility index (Phi) is 3.94. The van der Waals surface area contributed by atoms with Crippen LogP contribution in [-0.4, -0.2) is 17.0 Å². The first-order valence-corrected chi connectivity index (χ1v) is 5.94. The maximum atomic E-state index is 5.81. The van der Waals surface area contributed by atoms with Gasteiger partial charge in [-0.1, -0.05) is 6.07 Å². The zero-order valence-corrected chi connectivity index (χ0v) is 10.4. The summed E-state index contributed by atoms with van der Waals surface area (Å²) >= 11 is 5.81. The average molecular weight is 248 g/mol. The molecule has 0 saturated carbocycles. The molecule has 2 rings (SSSR count). The molecule has 0 radical (unpaired) electrons. The molecule has 0 atom stereocenters. The third kappa shape index (κ3) is 3.17. The van der Waals surface area contributed by atoms with Crippen molar-refractivity contribution in [2.75, 3.05) is 11.9 Å². The summed E-state index contributed by atoms with van der Waals surface area (Å²) < 4.78 is 0. The molecule has 0 aromatic carbocycles. The van der Waals surface area contributed by atoms with Gasteiger partial charge in [-0.2, -0.15) is 0 Å². The molecule has 0 fully saturated rings. The average Bonchev–Trinajstić information content (AvgIpc) is 2.40. The van der Waals surface area contributed by atoms with Crippen LogP contribution in [0.5, 0.6) is 0 Å². The maximum absolute atomic E-state index is 5.81. The SMILES string of the molecule is CN(Cc1cccnc1)c1cc(CCl)ccn1. The van der Waals surface area contributed by atoms with Crippen LogP contribution in [0, 0.1) is 0 Å². The molecule has 17 heavy (non-hydrogen) atoms. The summed E-state index contributed by atoms with van der Waals surface area (Å²) in [7, 11) is 2.01. The highest BCUT2D eigenvalue weighted by molar-refractivity contribution is 6.17. The van der Waals surface area contributed by atoms with E-state index in [1.54, 1.807) is 12.4 Å². The minimum atomic E-state index is 0.510. The molecule has 0 bridgehead atoms. The molecular weight excluding hydrogens is 234 g/mol. The molecule has 2 aromatic rings. The summed E-state index contributed by atoms with van der Waals surface area (Å²) in [4.78, 5) is 10.5. The first kappa shape index (κ1) is 11.9. The van der Waals surface area contributed by atoms with E-state index in [0.29, 0.717) is 5.88 Å². The number of halogens is 1. The molecule has 0 spiro atoms. The van der Waals surface area contributed by atoms with E-state index in [9.17, 15) is 0 Å². The quantitative estimate of drug-likeness (QED) is 0.778. The van der Waals surface area contributed by atoms with Crippen LogP contribution in [0.2, 0.25) is 0 Å². The molecule has 0 aliphatic heterocycles. The first-order chi connectivity index (χ1) is 8.29. The number of pyridine rings is 2. The van der Waals surface area contributed by atoms with Crippen LogP contribution in [0.15, 0.2) is 42.9 Å². The van der Waals surface area contributed by atoms with Gasteiger partial charge in [0.05, 0.1) is 0 Å². The molecule has 0 amide bonds. The molecule has 2 heterocycles. The summed E-state index contributed by atoms with van der Waals surface area (Å²) in [5.41, 5.74) is 2.24. The van der Waals surface area contributed by atoms with E-state index in [1.165, 1.54) is 0 Å². The van der Waals surface area contributed by atoms with Crippen molar-refractivity contribution in [1.29, 1.82) is 0 Å². The summed E-state index contributed by atoms with van der Waals surface area (Å²) in [5.74, 6) is 1.43. The van der Waals surface area contributed by atoms with Gasteiger partial charge in [-0.05, 0) is 29.3 Å². The van der Waals surface area contributed by atoms with Crippen LogP contribution < -0.4 is 4.90 Å². The standard InChI is InChI=1S/C13H14ClN3/c1-17(10-12-3-2-5-15-9-12)13-7-11(8-14)4-6-16-13/h2-7,9H,8,10H2,1H3. The van der Waals surface area contributed by atoms with Crippen molar-refractivity contribution in [3.05, 3.63) is 54.0 Å². The van der Waals surface area contributed by atoms with Gasteiger partial charge in [0.25, 0.3) is 0 Å². The normalized spacial score (nSPS) is 10.2. The zero-order valence-electron chi connectivity index (χ0n) is 9.68. The van der Waals surface area contributed by atoms with Gasteiger partial charge in [0.1, 0.15) is 5.82 Å². The topological polar surface area (TPSA) is 29.0 Å². The smallest absolute Gasteiger partial charge is 0.128 e. The number of nitrogens with zero attached hydrogens (tertiary/aromatic N) is 3. The second-order valence-electron chi connectivity index (χ2n) is 3.87. The Labute approximate surface area is 106 Å². The first-order valence-electron chi connectivity index (χ1n) is 5.40. The third-order valence-electron chi connectivity index (χ3n) is 2.50. The Bertz CT molecular complexity index is 473. The lowest BCUT2D eigenvalue weighted by Gasteiger charge is -2.18. The summed E-state index contributed by atoms with van der Waals surface area (Å²) in [5, 5.41) is 0. The van der Waals surface area contributed by atoms with Crippen LogP contribution in [0.4, 0.5) is 5.82 Å². The number of rotatable bonds is 4. The Hall–Kier alpha value is -1.61. The lowest BCUT2D eigenvalue weighted by Crippen LogP contribution is -2.17. The van der Waals surface area contributed by atoms with Gasteiger partial charge in [0.2, 0.25) is 0 Å². The van der Waals surface area contributed by atoms with Gasteiger partial charge in [0, 0.05) is 38.1 Å². The minimum Gasteiger partial charge on any atom is -0.355 e. The van der Waals surface area contributed by atoms with Crippen molar-refractivity contribution in [2.45, 2.75) is 12.4 Å². The van der Waals surface area contributed by atoms with Crippen LogP contribution >= 0.6 is 11.6 Å². The molecule has 88 valence electrons. The van der Waals surface area contributed by atoms with E-state index in [0.717, 1.165) is 23.5 Å². The summed E-state index contributed by atoms with van der Waals surface area (Å²) in [6.45, 7) is 0.784. The van der Waals surface area contributed by atoms with Gasteiger partial charge >= 0.3 is 0 Å². The fraction of sp³-hybridized carbons (Fsp3) is 0.231. The lowest BCUT2D eigenvalue weighted by molar-refractivity contribution is 0.890. The molecular formula is C13H14ClN3. The van der Waals surface area contributed by atoms with Crippen molar-refractivity contribution < 1.29 is 0 Å². The molecule has 3 nitrogen and oxygen atoms in total. The third-order valence-corrected chi connectivity index (χ3v) is 2.81.